The van der Waals surface area contributed by atoms with E-state index in [1.807, 2.05) is 11.8 Å². The molecule has 0 amide bonds. The van der Waals surface area contributed by atoms with Gasteiger partial charge in [0.2, 0.25) is 0 Å². The number of rotatable bonds is 5. The van der Waals surface area contributed by atoms with Gasteiger partial charge < -0.3 is 5.32 Å². The third kappa shape index (κ3) is 3.87. The second-order valence-electron chi connectivity index (χ2n) is 7.45. The molecule has 1 heterocycles. The normalized spacial score (nSPS) is 18.0. The van der Waals surface area contributed by atoms with Gasteiger partial charge in [-0.2, -0.15) is 0 Å². The van der Waals surface area contributed by atoms with Gasteiger partial charge in [-0.25, -0.2) is 0 Å². The van der Waals surface area contributed by atoms with E-state index in [1.165, 1.54) is 28.0 Å². The molecule has 0 saturated carbocycles. The molecular formula is C22H29NS. The fraction of sp³-hybridized carbons (Fsp3) is 0.455. The topological polar surface area (TPSA) is 12.0 Å². The van der Waals surface area contributed by atoms with Crippen LogP contribution in [0.3, 0.4) is 0 Å². The van der Waals surface area contributed by atoms with Crippen molar-refractivity contribution in [3.63, 3.8) is 0 Å². The average Bonchev–Trinajstić information content (AvgIpc) is 3.10. The zero-order chi connectivity index (χ0) is 17.1. The Morgan fingerprint density at radius 1 is 0.750 bits per heavy atom. The molecule has 0 radical (unpaired) electrons. The summed E-state index contributed by atoms with van der Waals surface area (Å²) in [4.78, 5) is 0. The minimum atomic E-state index is 0.433. The number of benzene rings is 2. The molecule has 1 nitrogen and oxygen atoms in total. The number of nitrogens with one attached hydrogen (secondary N) is 1. The van der Waals surface area contributed by atoms with Gasteiger partial charge in [-0.05, 0) is 34.1 Å². The van der Waals surface area contributed by atoms with Crippen molar-refractivity contribution in [3.05, 3.63) is 70.8 Å². The van der Waals surface area contributed by atoms with E-state index in [-0.39, 0.29) is 0 Å². The quantitative estimate of drug-likeness (QED) is 0.747. The Kier molecular flexibility index (Phi) is 5.68. The van der Waals surface area contributed by atoms with E-state index < -0.39 is 0 Å². The molecule has 3 rings (SSSR count). The van der Waals surface area contributed by atoms with Crippen LogP contribution in [-0.4, -0.2) is 17.7 Å². The van der Waals surface area contributed by atoms with Gasteiger partial charge in [-0.15, -0.1) is 11.8 Å². The first-order valence-electron chi connectivity index (χ1n) is 9.07. The molecule has 1 N–H and O–H groups in total. The predicted molar refractivity (Wildman–Crippen MR) is 107 cm³/mol. The summed E-state index contributed by atoms with van der Waals surface area (Å²) in [5.41, 5.74) is 5.69. The summed E-state index contributed by atoms with van der Waals surface area (Å²) in [5, 5.41) is 3.69. The van der Waals surface area contributed by atoms with Crippen LogP contribution in [0.4, 0.5) is 0 Å². The molecule has 1 aliphatic heterocycles. The SMILES string of the molecule is CC(C)c1ccc(C(c2ccc(C(C)C)cc2)[C@H]2CSCN2)cc1. The van der Waals surface area contributed by atoms with Crippen LogP contribution in [0.5, 0.6) is 0 Å². The molecule has 0 spiro atoms. The fourth-order valence-electron chi connectivity index (χ4n) is 3.46. The number of hydrogen-bond donors (Lipinski definition) is 1. The molecule has 0 aromatic heterocycles. The summed E-state index contributed by atoms with van der Waals surface area (Å²) >= 11 is 2.00. The smallest absolute Gasteiger partial charge is 0.0421 e. The summed E-state index contributed by atoms with van der Waals surface area (Å²) in [6.07, 6.45) is 0. The predicted octanol–water partition coefficient (Wildman–Crippen LogP) is 5.73. The molecule has 0 aliphatic carbocycles. The Labute approximate surface area is 151 Å². The number of hydrogen-bond acceptors (Lipinski definition) is 2. The molecule has 24 heavy (non-hydrogen) atoms. The Balaban J connectivity index is 1.93. The summed E-state index contributed by atoms with van der Waals surface area (Å²) in [6.45, 7) is 9.02. The highest BCUT2D eigenvalue weighted by atomic mass is 32.2. The number of thioether (sulfide) groups is 1. The van der Waals surface area contributed by atoms with Gasteiger partial charge in [0.05, 0.1) is 0 Å². The zero-order valence-electron chi connectivity index (χ0n) is 15.3. The van der Waals surface area contributed by atoms with Crippen LogP contribution < -0.4 is 5.32 Å². The highest BCUT2D eigenvalue weighted by molar-refractivity contribution is 7.99. The first kappa shape index (κ1) is 17.6. The first-order chi connectivity index (χ1) is 11.6. The van der Waals surface area contributed by atoms with Crippen molar-refractivity contribution in [1.29, 1.82) is 0 Å². The first-order valence-corrected chi connectivity index (χ1v) is 10.2. The van der Waals surface area contributed by atoms with Crippen molar-refractivity contribution in [2.75, 3.05) is 11.6 Å². The minimum absolute atomic E-state index is 0.433. The third-order valence-corrected chi connectivity index (χ3v) is 6.04. The van der Waals surface area contributed by atoms with E-state index in [9.17, 15) is 0 Å². The van der Waals surface area contributed by atoms with Crippen LogP contribution in [0, 0.1) is 0 Å². The standard InChI is InChI=1S/C22H29NS/c1-15(2)17-5-9-19(10-6-17)22(21-13-24-14-23-21)20-11-7-18(8-12-20)16(3)4/h5-12,15-16,21-23H,13-14H2,1-4H3/t21-/m1/s1. The molecule has 1 saturated heterocycles. The Morgan fingerprint density at radius 2 is 1.17 bits per heavy atom. The van der Waals surface area contributed by atoms with E-state index in [2.05, 4.69) is 81.5 Å². The van der Waals surface area contributed by atoms with E-state index in [4.69, 9.17) is 0 Å². The van der Waals surface area contributed by atoms with E-state index in [0.717, 1.165) is 5.88 Å². The van der Waals surface area contributed by atoms with Crippen molar-refractivity contribution >= 4 is 11.8 Å². The van der Waals surface area contributed by atoms with Crippen LogP contribution in [0.1, 0.15) is 67.7 Å². The maximum Gasteiger partial charge on any atom is 0.0421 e. The molecule has 2 aromatic carbocycles. The molecule has 0 unspecified atom stereocenters. The van der Waals surface area contributed by atoms with Crippen molar-refractivity contribution in [3.8, 4) is 0 Å². The summed E-state index contributed by atoms with van der Waals surface area (Å²) in [7, 11) is 0. The molecule has 1 atom stereocenters. The van der Waals surface area contributed by atoms with Crippen LogP contribution in [0.15, 0.2) is 48.5 Å². The molecule has 1 fully saturated rings. The highest BCUT2D eigenvalue weighted by Gasteiger charge is 2.27. The molecular weight excluding hydrogens is 310 g/mol. The second-order valence-corrected chi connectivity index (χ2v) is 8.48. The van der Waals surface area contributed by atoms with E-state index in [1.54, 1.807) is 0 Å². The average molecular weight is 340 g/mol. The summed E-state index contributed by atoms with van der Waals surface area (Å²) < 4.78 is 0. The van der Waals surface area contributed by atoms with Gasteiger partial charge in [-0.1, -0.05) is 76.2 Å². The van der Waals surface area contributed by atoms with Gasteiger partial charge in [0, 0.05) is 23.6 Å². The molecule has 0 bridgehead atoms. The van der Waals surface area contributed by atoms with Crippen LogP contribution in [-0.2, 0) is 0 Å². The molecule has 128 valence electrons. The van der Waals surface area contributed by atoms with Crippen LogP contribution in [0.25, 0.3) is 0 Å². The second kappa shape index (κ2) is 7.76. The molecule has 2 aromatic rings. The lowest BCUT2D eigenvalue weighted by atomic mass is 9.84. The lowest BCUT2D eigenvalue weighted by Crippen LogP contribution is -2.31. The highest BCUT2D eigenvalue weighted by Crippen LogP contribution is 2.33. The Morgan fingerprint density at radius 3 is 1.50 bits per heavy atom. The third-order valence-electron chi connectivity index (χ3n) is 5.07. The van der Waals surface area contributed by atoms with Crippen molar-refractivity contribution in [2.24, 2.45) is 0 Å². The van der Waals surface area contributed by atoms with Gasteiger partial charge in [-0.3, -0.25) is 0 Å². The fourth-order valence-corrected chi connectivity index (χ4v) is 4.47. The maximum atomic E-state index is 3.69. The van der Waals surface area contributed by atoms with Gasteiger partial charge in [0.25, 0.3) is 0 Å². The lowest BCUT2D eigenvalue weighted by Gasteiger charge is -2.25. The summed E-state index contributed by atoms with van der Waals surface area (Å²) in [6, 6.07) is 19.1. The molecule has 2 heteroatoms. The van der Waals surface area contributed by atoms with Gasteiger partial charge >= 0.3 is 0 Å². The van der Waals surface area contributed by atoms with Crippen molar-refractivity contribution in [2.45, 2.75) is 51.5 Å². The summed E-state index contributed by atoms with van der Waals surface area (Å²) in [5.74, 6) is 3.85. The minimum Gasteiger partial charge on any atom is -0.303 e. The van der Waals surface area contributed by atoms with Crippen molar-refractivity contribution < 1.29 is 0 Å². The lowest BCUT2D eigenvalue weighted by molar-refractivity contribution is 0.565. The van der Waals surface area contributed by atoms with Gasteiger partial charge in [0.15, 0.2) is 0 Å². The Hall–Kier alpha value is -1.25. The van der Waals surface area contributed by atoms with Gasteiger partial charge in [0.1, 0.15) is 0 Å². The monoisotopic (exact) mass is 339 g/mol. The zero-order valence-corrected chi connectivity index (χ0v) is 16.1. The largest absolute Gasteiger partial charge is 0.303 e. The van der Waals surface area contributed by atoms with Crippen molar-refractivity contribution in [1.82, 2.24) is 5.32 Å². The Bertz CT molecular complexity index is 585. The van der Waals surface area contributed by atoms with E-state index in [0.29, 0.717) is 23.8 Å². The van der Waals surface area contributed by atoms with Crippen LogP contribution in [0.2, 0.25) is 0 Å². The van der Waals surface area contributed by atoms with Crippen LogP contribution >= 0.6 is 11.8 Å². The van der Waals surface area contributed by atoms with E-state index >= 15 is 0 Å². The molecule has 1 aliphatic rings. The maximum absolute atomic E-state index is 3.69.